The van der Waals surface area contributed by atoms with Gasteiger partial charge in [-0.15, -0.1) is 0 Å². The van der Waals surface area contributed by atoms with Gasteiger partial charge in [0.25, 0.3) is 5.91 Å². The molecule has 0 aliphatic rings. The highest BCUT2D eigenvalue weighted by Gasteiger charge is 2.44. The van der Waals surface area contributed by atoms with Crippen molar-refractivity contribution in [2.75, 3.05) is 0 Å². The van der Waals surface area contributed by atoms with Crippen molar-refractivity contribution in [2.45, 2.75) is 14.1 Å². The minimum absolute atomic E-state index is 0.0507. The van der Waals surface area contributed by atoms with Crippen molar-refractivity contribution >= 4 is 73.7 Å². The molecule has 2 aromatic carbocycles. The highest BCUT2D eigenvalue weighted by atomic mass is 35.6. The standard InChI is InChI=1S/C15H10Cl5NO3S/c16-9-5-7-10(8-6-9)25(23,24)14(15(18,19)20)21-13(22)11-3-1-2-4-12(11)17/h1-8,14H,(H,21,22)/t14-/m1/s1. The van der Waals surface area contributed by atoms with Gasteiger partial charge in [0.2, 0.25) is 13.6 Å². The zero-order valence-electron chi connectivity index (χ0n) is 12.2. The molecule has 0 aromatic heterocycles. The normalized spacial score (nSPS) is 13.3. The molecule has 0 saturated heterocycles. The van der Waals surface area contributed by atoms with Crippen molar-refractivity contribution < 1.29 is 13.2 Å². The lowest BCUT2D eigenvalue weighted by molar-refractivity contribution is 0.0948. The molecular weight excluding hydrogens is 452 g/mol. The van der Waals surface area contributed by atoms with Crippen LogP contribution in [-0.4, -0.2) is 23.5 Å². The number of benzene rings is 2. The zero-order chi connectivity index (χ0) is 18.8. The molecule has 25 heavy (non-hydrogen) atoms. The van der Waals surface area contributed by atoms with Gasteiger partial charge >= 0.3 is 0 Å². The second-order valence-corrected chi connectivity index (χ2v) is 10.1. The van der Waals surface area contributed by atoms with E-state index in [0.717, 1.165) is 0 Å². The van der Waals surface area contributed by atoms with E-state index in [0.29, 0.717) is 5.02 Å². The molecule has 1 amide bonds. The summed E-state index contributed by atoms with van der Waals surface area (Å²) in [5.74, 6) is -0.792. The van der Waals surface area contributed by atoms with Crippen LogP contribution in [-0.2, 0) is 9.84 Å². The number of carbonyl (C=O) groups is 1. The summed E-state index contributed by atoms with van der Waals surface area (Å²) in [6.07, 6.45) is 0. The first kappa shape index (κ1) is 20.6. The molecule has 0 unspecified atom stereocenters. The summed E-state index contributed by atoms with van der Waals surface area (Å²) in [5, 5.41) is 0.858. The minimum Gasteiger partial charge on any atom is -0.332 e. The van der Waals surface area contributed by atoms with Gasteiger partial charge in [-0.2, -0.15) is 0 Å². The van der Waals surface area contributed by atoms with Crippen LogP contribution in [0.3, 0.4) is 0 Å². The van der Waals surface area contributed by atoms with E-state index in [9.17, 15) is 13.2 Å². The molecule has 0 aliphatic heterocycles. The summed E-state index contributed by atoms with van der Waals surface area (Å²) in [7, 11) is -4.22. The first-order valence-electron chi connectivity index (χ1n) is 6.65. The molecule has 0 radical (unpaired) electrons. The van der Waals surface area contributed by atoms with E-state index >= 15 is 0 Å². The van der Waals surface area contributed by atoms with Crippen molar-refractivity contribution in [1.29, 1.82) is 0 Å². The molecule has 10 heteroatoms. The molecule has 4 nitrogen and oxygen atoms in total. The maximum Gasteiger partial charge on any atom is 0.253 e. The van der Waals surface area contributed by atoms with E-state index < -0.39 is 24.9 Å². The van der Waals surface area contributed by atoms with E-state index in [2.05, 4.69) is 5.32 Å². The number of hydrogen-bond acceptors (Lipinski definition) is 3. The first-order valence-corrected chi connectivity index (χ1v) is 10.1. The Morgan fingerprint density at radius 2 is 1.52 bits per heavy atom. The van der Waals surface area contributed by atoms with Gasteiger partial charge in [-0.1, -0.05) is 70.1 Å². The van der Waals surface area contributed by atoms with Crippen LogP contribution in [0.25, 0.3) is 0 Å². The topological polar surface area (TPSA) is 63.2 Å². The quantitative estimate of drug-likeness (QED) is 0.659. The molecule has 2 rings (SSSR count). The van der Waals surface area contributed by atoms with E-state index in [1.165, 1.54) is 36.4 Å². The van der Waals surface area contributed by atoms with E-state index in [1.807, 2.05) is 0 Å². The number of sulfone groups is 1. The molecule has 0 spiro atoms. The summed E-state index contributed by atoms with van der Waals surface area (Å²) in [5.41, 5.74) is 0.0507. The van der Waals surface area contributed by atoms with Gasteiger partial charge in [-0.05, 0) is 36.4 Å². The number of alkyl halides is 3. The van der Waals surface area contributed by atoms with Gasteiger partial charge in [0, 0.05) is 5.02 Å². The Labute approximate surface area is 169 Å². The summed E-state index contributed by atoms with van der Waals surface area (Å²) >= 11 is 29.1. The molecular formula is C15H10Cl5NO3S. The Hall–Kier alpha value is -0.690. The Bertz CT molecular complexity index is 879. The molecule has 0 heterocycles. The fourth-order valence-electron chi connectivity index (χ4n) is 1.94. The van der Waals surface area contributed by atoms with E-state index in [-0.39, 0.29) is 15.5 Å². The average Bonchev–Trinajstić information content (AvgIpc) is 2.52. The van der Waals surface area contributed by atoms with Crippen LogP contribution in [0.4, 0.5) is 0 Å². The third-order valence-corrected chi connectivity index (χ3v) is 6.78. The lowest BCUT2D eigenvalue weighted by atomic mass is 10.2. The van der Waals surface area contributed by atoms with Crippen LogP contribution >= 0.6 is 58.0 Å². The average molecular weight is 462 g/mol. The lowest BCUT2D eigenvalue weighted by Gasteiger charge is -2.25. The van der Waals surface area contributed by atoms with Crippen LogP contribution in [0, 0.1) is 0 Å². The zero-order valence-corrected chi connectivity index (χ0v) is 16.8. The van der Waals surface area contributed by atoms with Gasteiger partial charge in [0.1, 0.15) is 0 Å². The Balaban J connectivity index is 2.42. The van der Waals surface area contributed by atoms with Crippen LogP contribution in [0.2, 0.25) is 10.0 Å². The third kappa shape index (κ3) is 4.94. The number of carbonyl (C=O) groups excluding carboxylic acids is 1. The maximum absolute atomic E-state index is 12.8. The van der Waals surface area contributed by atoms with E-state index in [1.54, 1.807) is 12.1 Å². The largest absolute Gasteiger partial charge is 0.332 e. The molecule has 1 atom stereocenters. The predicted molar refractivity (Wildman–Crippen MR) is 102 cm³/mol. The van der Waals surface area contributed by atoms with Crippen LogP contribution in [0.1, 0.15) is 10.4 Å². The maximum atomic E-state index is 12.8. The Morgan fingerprint density at radius 1 is 0.960 bits per heavy atom. The number of nitrogens with one attached hydrogen (secondary N) is 1. The first-order chi connectivity index (χ1) is 11.5. The number of hydrogen-bond donors (Lipinski definition) is 1. The molecule has 2 aromatic rings. The molecule has 0 bridgehead atoms. The van der Waals surface area contributed by atoms with Crippen molar-refractivity contribution in [2.24, 2.45) is 0 Å². The van der Waals surface area contributed by atoms with Gasteiger partial charge < -0.3 is 5.32 Å². The fourth-order valence-corrected chi connectivity index (χ4v) is 4.91. The Kier molecular flexibility index (Phi) is 6.52. The highest BCUT2D eigenvalue weighted by molar-refractivity contribution is 7.92. The van der Waals surface area contributed by atoms with Gasteiger partial charge in [0.05, 0.1) is 15.5 Å². The second kappa shape index (κ2) is 7.91. The third-order valence-electron chi connectivity index (χ3n) is 3.13. The summed E-state index contributed by atoms with van der Waals surface area (Å²) in [6.45, 7) is 0. The SMILES string of the molecule is O=C(N[C@@H](C(Cl)(Cl)Cl)S(=O)(=O)c1ccc(Cl)cc1)c1ccccc1Cl. The molecule has 0 saturated carbocycles. The smallest absolute Gasteiger partial charge is 0.253 e. The number of rotatable bonds is 4. The van der Waals surface area contributed by atoms with Crippen molar-refractivity contribution in [3.63, 3.8) is 0 Å². The molecule has 1 N–H and O–H groups in total. The highest BCUT2D eigenvalue weighted by Crippen LogP contribution is 2.36. The summed E-state index contributed by atoms with van der Waals surface area (Å²) in [4.78, 5) is 12.2. The van der Waals surface area contributed by atoms with Crippen molar-refractivity contribution in [1.82, 2.24) is 5.32 Å². The van der Waals surface area contributed by atoms with Crippen LogP contribution in [0.5, 0.6) is 0 Å². The predicted octanol–water partition coefficient (Wildman–Crippen LogP) is 4.89. The fraction of sp³-hybridized carbons (Fsp3) is 0.133. The van der Waals surface area contributed by atoms with Crippen LogP contribution in [0.15, 0.2) is 53.4 Å². The lowest BCUT2D eigenvalue weighted by Crippen LogP contribution is -2.49. The monoisotopic (exact) mass is 459 g/mol. The minimum atomic E-state index is -4.22. The molecule has 134 valence electrons. The van der Waals surface area contributed by atoms with Crippen molar-refractivity contribution in [3.8, 4) is 0 Å². The number of halogens is 5. The second-order valence-electron chi connectivity index (χ2n) is 4.87. The molecule has 0 aliphatic carbocycles. The number of amides is 1. The van der Waals surface area contributed by atoms with Gasteiger partial charge in [0.15, 0.2) is 5.37 Å². The van der Waals surface area contributed by atoms with E-state index in [4.69, 9.17) is 58.0 Å². The van der Waals surface area contributed by atoms with Gasteiger partial charge in [-0.25, -0.2) is 8.42 Å². The van der Waals surface area contributed by atoms with Crippen LogP contribution < -0.4 is 5.32 Å². The Morgan fingerprint density at radius 3 is 2.04 bits per heavy atom. The summed E-state index contributed by atoms with van der Waals surface area (Å²) < 4.78 is 23.3. The summed E-state index contributed by atoms with van der Waals surface area (Å²) in [6, 6.07) is 11.3. The van der Waals surface area contributed by atoms with Gasteiger partial charge in [-0.3, -0.25) is 4.79 Å². The molecule has 0 fully saturated rings. The van der Waals surface area contributed by atoms with Crippen molar-refractivity contribution in [3.05, 3.63) is 64.1 Å².